The van der Waals surface area contributed by atoms with Crippen LogP contribution in [0.15, 0.2) is 36.5 Å². The lowest BCUT2D eigenvalue weighted by Gasteiger charge is -2.07. The van der Waals surface area contributed by atoms with Crippen LogP contribution in [-0.4, -0.2) is 17.2 Å². The van der Waals surface area contributed by atoms with Crippen molar-refractivity contribution < 1.29 is 14.6 Å². The Morgan fingerprint density at radius 2 is 1.95 bits per heavy atom. The Morgan fingerprint density at radius 3 is 2.58 bits per heavy atom. The van der Waals surface area contributed by atoms with Crippen molar-refractivity contribution in [1.29, 1.82) is 5.26 Å². The van der Waals surface area contributed by atoms with Crippen molar-refractivity contribution >= 4 is 0 Å². The molecule has 1 aromatic heterocycles. The molecule has 0 bridgehead atoms. The van der Waals surface area contributed by atoms with Crippen LogP contribution in [0.25, 0.3) is 0 Å². The number of rotatable bonds is 4. The molecule has 5 heteroatoms. The summed E-state index contributed by atoms with van der Waals surface area (Å²) in [6, 6.07) is 10.5. The average Bonchev–Trinajstić information content (AvgIpc) is 2.47. The van der Waals surface area contributed by atoms with E-state index < -0.39 is 0 Å². The van der Waals surface area contributed by atoms with Gasteiger partial charge in [-0.1, -0.05) is 0 Å². The van der Waals surface area contributed by atoms with Gasteiger partial charge in [-0.25, -0.2) is 0 Å². The number of aromatic nitrogens is 1. The van der Waals surface area contributed by atoms with Crippen molar-refractivity contribution in [2.24, 2.45) is 0 Å². The summed E-state index contributed by atoms with van der Waals surface area (Å²) >= 11 is 0. The van der Waals surface area contributed by atoms with E-state index in [1.165, 1.54) is 12.3 Å². The van der Waals surface area contributed by atoms with Crippen LogP contribution in [0.5, 0.6) is 17.2 Å². The molecule has 5 nitrogen and oxygen atoms in total. The fraction of sp³-hybridized carbons (Fsp3) is 0.143. The van der Waals surface area contributed by atoms with Crippen LogP contribution < -0.4 is 9.47 Å². The van der Waals surface area contributed by atoms with Crippen LogP contribution in [0.4, 0.5) is 0 Å². The maximum Gasteiger partial charge on any atom is 0.151 e. The van der Waals surface area contributed by atoms with E-state index in [-0.39, 0.29) is 17.9 Å². The molecular weight excluding hydrogens is 244 g/mol. The molecule has 0 fully saturated rings. The zero-order valence-electron chi connectivity index (χ0n) is 10.3. The standard InChI is InChI=1S/C14H12N2O3/c1-18-12-2-4-13(5-3-12)19-9-11-6-10(7-15)14(17)8-16-11/h2-6,8,17H,9H2,1H3. The van der Waals surface area contributed by atoms with Gasteiger partial charge in [0.1, 0.15) is 24.2 Å². The van der Waals surface area contributed by atoms with E-state index in [0.29, 0.717) is 11.4 Å². The van der Waals surface area contributed by atoms with E-state index in [4.69, 9.17) is 14.7 Å². The molecule has 0 spiro atoms. The van der Waals surface area contributed by atoms with Crippen molar-refractivity contribution in [1.82, 2.24) is 4.98 Å². The summed E-state index contributed by atoms with van der Waals surface area (Å²) < 4.78 is 10.6. The van der Waals surface area contributed by atoms with E-state index in [2.05, 4.69) is 4.98 Å². The molecule has 2 aromatic rings. The third-order valence-corrected chi connectivity index (χ3v) is 2.51. The summed E-state index contributed by atoms with van der Waals surface area (Å²) in [7, 11) is 1.60. The largest absolute Gasteiger partial charge is 0.505 e. The van der Waals surface area contributed by atoms with Crippen LogP contribution in [-0.2, 0) is 6.61 Å². The predicted octanol–water partition coefficient (Wildman–Crippen LogP) is 2.25. The smallest absolute Gasteiger partial charge is 0.151 e. The number of pyridine rings is 1. The van der Waals surface area contributed by atoms with E-state index in [9.17, 15) is 5.11 Å². The zero-order chi connectivity index (χ0) is 13.7. The number of benzene rings is 1. The second kappa shape index (κ2) is 5.74. The third-order valence-electron chi connectivity index (χ3n) is 2.51. The van der Waals surface area contributed by atoms with Gasteiger partial charge in [-0.3, -0.25) is 4.98 Å². The topological polar surface area (TPSA) is 75.4 Å². The summed E-state index contributed by atoms with van der Waals surface area (Å²) in [6.45, 7) is 0.224. The first-order valence-corrected chi connectivity index (χ1v) is 5.58. The van der Waals surface area contributed by atoms with E-state index >= 15 is 0 Å². The normalized spacial score (nSPS) is 9.68. The van der Waals surface area contributed by atoms with Gasteiger partial charge < -0.3 is 14.6 Å². The molecule has 0 saturated heterocycles. The Morgan fingerprint density at radius 1 is 1.26 bits per heavy atom. The SMILES string of the molecule is COc1ccc(OCc2cc(C#N)c(O)cn2)cc1. The van der Waals surface area contributed by atoms with Crippen LogP contribution in [0, 0.1) is 11.3 Å². The fourth-order valence-corrected chi connectivity index (χ4v) is 1.49. The first-order valence-electron chi connectivity index (χ1n) is 5.58. The average molecular weight is 256 g/mol. The summed E-state index contributed by atoms with van der Waals surface area (Å²) in [4.78, 5) is 3.98. The molecule has 1 N–H and O–H groups in total. The molecule has 0 aliphatic carbocycles. The maximum absolute atomic E-state index is 9.34. The van der Waals surface area contributed by atoms with Crippen LogP contribution >= 0.6 is 0 Å². The van der Waals surface area contributed by atoms with E-state index in [1.54, 1.807) is 31.4 Å². The molecule has 0 amide bonds. The molecule has 96 valence electrons. The highest BCUT2D eigenvalue weighted by Gasteiger charge is 2.04. The number of nitriles is 1. The van der Waals surface area contributed by atoms with Gasteiger partial charge in [-0.2, -0.15) is 5.26 Å². The Balaban J connectivity index is 2.04. The van der Waals surface area contributed by atoms with Gasteiger partial charge in [0.05, 0.1) is 24.6 Å². The molecule has 0 aliphatic rings. The van der Waals surface area contributed by atoms with Gasteiger partial charge in [0, 0.05) is 0 Å². The van der Waals surface area contributed by atoms with Crippen molar-refractivity contribution in [3.8, 4) is 23.3 Å². The van der Waals surface area contributed by atoms with Crippen molar-refractivity contribution in [2.45, 2.75) is 6.61 Å². The maximum atomic E-state index is 9.34. The van der Waals surface area contributed by atoms with Crippen LogP contribution in [0.3, 0.4) is 0 Å². The quantitative estimate of drug-likeness (QED) is 0.907. The summed E-state index contributed by atoms with van der Waals surface area (Å²) in [6.07, 6.45) is 1.24. The lowest BCUT2D eigenvalue weighted by atomic mass is 10.2. The molecule has 0 unspecified atom stereocenters. The molecule has 1 heterocycles. The lowest BCUT2D eigenvalue weighted by molar-refractivity contribution is 0.300. The first-order chi connectivity index (χ1) is 9.22. The minimum Gasteiger partial charge on any atom is -0.505 e. The van der Waals surface area contributed by atoms with Crippen LogP contribution in [0.2, 0.25) is 0 Å². The number of methoxy groups -OCH3 is 1. The lowest BCUT2D eigenvalue weighted by Crippen LogP contribution is -1.98. The molecule has 0 saturated carbocycles. The second-order valence-corrected chi connectivity index (χ2v) is 3.77. The highest BCUT2D eigenvalue weighted by atomic mass is 16.5. The second-order valence-electron chi connectivity index (χ2n) is 3.77. The summed E-state index contributed by atoms with van der Waals surface area (Å²) in [5, 5.41) is 18.1. The minimum absolute atomic E-state index is 0.129. The molecule has 0 aliphatic heterocycles. The number of aromatic hydroxyl groups is 1. The molecule has 0 radical (unpaired) electrons. The van der Waals surface area contributed by atoms with Crippen LogP contribution in [0.1, 0.15) is 11.3 Å². The van der Waals surface area contributed by atoms with Crippen molar-refractivity contribution in [3.63, 3.8) is 0 Å². The highest BCUT2D eigenvalue weighted by Crippen LogP contribution is 2.19. The highest BCUT2D eigenvalue weighted by molar-refractivity contribution is 5.41. The Labute approximate surface area is 110 Å². The molecule has 2 rings (SSSR count). The number of ether oxygens (including phenoxy) is 2. The van der Waals surface area contributed by atoms with Gasteiger partial charge in [0.15, 0.2) is 5.75 Å². The van der Waals surface area contributed by atoms with Crippen molar-refractivity contribution in [3.05, 3.63) is 47.8 Å². The van der Waals surface area contributed by atoms with Gasteiger partial charge in [-0.15, -0.1) is 0 Å². The van der Waals surface area contributed by atoms with Crippen molar-refractivity contribution in [2.75, 3.05) is 7.11 Å². The number of nitrogens with zero attached hydrogens (tertiary/aromatic N) is 2. The number of hydrogen-bond donors (Lipinski definition) is 1. The Bertz CT molecular complexity index is 603. The zero-order valence-corrected chi connectivity index (χ0v) is 10.3. The molecule has 1 aromatic carbocycles. The van der Waals surface area contributed by atoms with Gasteiger partial charge >= 0.3 is 0 Å². The molecule has 0 atom stereocenters. The fourth-order valence-electron chi connectivity index (χ4n) is 1.49. The Kier molecular flexibility index (Phi) is 3.84. The number of hydrogen-bond acceptors (Lipinski definition) is 5. The first kappa shape index (κ1) is 12.7. The summed E-state index contributed by atoms with van der Waals surface area (Å²) in [5.41, 5.74) is 0.758. The molecule has 19 heavy (non-hydrogen) atoms. The molecular formula is C14H12N2O3. The summed E-state index contributed by atoms with van der Waals surface area (Å²) in [5.74, 6) is 1.30. The minimum atomic E-state index is -0.129. The monoisotopic (exact) mass is 256 g/mol. The third kappa shape index (κ3) is 3.13. The predicted molar refractivity (Wildman–Crippen MR) is 67.9 cm³/mol. The van der Waals surface area contributed by atoms with E-state index in [0.717, 1.165) is 5.75 Å². The van der Waals surface area contributed by atoms with E-state index in [1.807, 2.05) is 6.07 Å². The van der Waals surface area contributed by atoms with Gasteiger partial charge in [-0.05, 0) is 30.3 Å². The van der Waals surface area contributed by atoms with Gasteiger partial charge in [0.25, 0.3) is 0 Å². The van der Waals surface area contributed by atoms with Gasteiger partial charge in [0.2, 0.25) is 0 Å². The Hall–Kier alpha value is -2.74.